The normalized spacial score (nSPS) is 21.3. The molecule has 1 heterocycles. The molecule has 1 fully saturated rings. The van der Waals surface area contributed by atoms with Crippen molar-refractivity contribution in [3.8, 4) is 0 Å². The zero-order valence-corrected chi connectivity index (χ0v) is 14.7. The Morgan fingerprint density at radius 1 is 1.32 bits per heavy atom. The van der Waals surface area contributed by atoms with Crippen LogP contribution in [0.15, 0.2) is 34.3 Å². The highest BCUT2D eigenvalue weighted by atomic mass is 19.4. The van der Waals surface area contributed by atoms with Gasteiger partial charge in [0, 0.05) is 12.3 Å². The Balaban J connectivity index is 2.31. The van der Waals surface area contributed by atoms with Gasteiger partial charge in [0.2, 0.25) is 5.96 Å². The van der Waals surface area contributed by atoms with Crippen molar-refractivity contribution in [2.45, 2.75) is 24.7 Å². The summed E-state index contributed by atoms with van der Waals surface area (Å²) in [5, 5.41) is 10.2. The van der Waals surface area contributed by atoms with E-state index >= 15 is 0 Å². The first-order chi connectivity index (χ1) is 13.1. The molecule has 0 bridgehead atoms. The number of hydrogen-bond donors (Lipinski definition) is 5. The summed E-state index contributed by atoms with van der Waals surface area (Å²) >= 11 is 0. The van der Waals surface area contributed by atoms with E-state index in [0.717, 1.165) is 18.2 Å². The van der Waals surface area contributed by atoms with E-state index in [4.69, 9.17) is 27.3 Å². The first-order valence-corrected chi connectivity index (χ1v) is 8.16. The maximum atomic E-state index is 12.9. The quantitative estimate of drug-likeness (QED) is 0.366. The molecule has 8 N–H and O–H groups in total. The zero-order valence-electron chi connectivity index (χ0n) is 14.7. The lowest BCUT2D eigenvalue weighted by atomic mass is 10.1. The van der Waals surface area contributed by atoms with Gasteiger partial charge < -0.3 is 27.3 Å². The Bertz CT molecular complexity index is 808. The molecule has 1 saturated heterocycles. The van der Waals surface area contributed by atoms with E-state index in [1.165, 1.54) is 6.07 Å². The fourth-order valence-electron chi connectivity index (χ4n) is 2.40. The highest BCUT2D eigenvalue weighted by molar-refractivity contribution is 6.67. The van der Waals surface area contributed by atoms with Gasteiger partial charge in [0.25, 0.3) is 5.91 Å². The zero-order chi connectivity index (χ0) is 20.9. The summed E-state index contributed by atoms with van der Waals surface area (Å²) in [5.41, 5.74) is 15.0. The van der Waals surface area contributed by atoms with E-state index in [1.807, 2.05) is 0 Å². The van der Waals surface area contributed by atoms with Crippen LogP contribution in [0.25, 0.3) is 0 Å². The molecule has 2 rings (SSSR count). The Hall–Kier alpha value is -2.99. The van der Waals surface area contributed by atoms with E-state index in [2.05, 4.69) is 15.3 Å². The summed E-state index contributed by atoms with van der Waals surface area (Å²) in [6.07, 6.45) is -4.06. The third-order valence-corrected chi connectivity index (χ3v) is 3.82. The van der Waals surface area contributed by atoms with Crippen LogP contribution in [0.5, 0.6) is 0 Å². The highest BCUT2D eigenvalue weighted by Crippen LogP contribution is 2.30. The summed E-state index contributed by atoms with van der Waals surface area (Å²) in [5.74, 6) is -1.88. The molecule has 0 aromatic heterocycles. The molecule has 0 saturated carbocycles. The van der Waals surface area contributed by atoms with Crippen LogP contribution in [0.2, 0.25) is 0 Å². The predicted octanol–water partition coefficient (Wildman–Crippen LogP) is 0.452. The maximum absolute atomic E-state index is 12.9. The van der Waals surface area contributed by atoms with Gasteiger partial charge in [-0.3, -0.25) is 10.2 Å². The number of carbonyl (C=O) groups excluding carboxylic acids is 1. The molecular formula is C16H20F3N7O2. The smallest absolute Gasteiger partial charge is 0.380 e. The van der Waals surface area contributed by atoms with Gasteiger partial charge in [-0.1, -0.05) is 6.07 Å². The number of ether oxygens (including phenoxy) is 1. The highest BCUT2D eigenvalue weighted by Gasteiger charge is 2.30. The Morgan fingerprint density at radius 3 is 2.64 bits per heavy atom. The Labute approximate surface area is 158 Å². The third kappa shape index (κ3) is 5.76. The topological polar surface area (TPSA) is 165 Å². The number of hydrogen-bond acceptors (Lipinski definition) is 5. The number of amides is 1. The summed E-state index contributed by atoms with van der Waals surface area (Å²) < 4.78 is 43.8. The molecule has 9 nitrogen and oxygen atoms in total. The fraction of sp³-hybridized carbons (Fsp3) is 0.375. The fourth-order valence-corrected chi connectivity index (χ4v) is 2.40. The molecule has 0 radical (unpaired) electrons. The van der Waals surface area contributed by atoms with Gasteiger partial charge in [0.05, 0.1) is 24.3 Å². The number of guanidine groups is 1. The molecular weight excluding hydrogens is 379 g/mol. The monoisotopic (exact) mass is 399 g/mol. The van der Waals surface area contributed by atoms with Crippen molar-refractivity contribution in [3.05, 3.63) is 29.8 Å². The number of nitrogens with one attached hydrogen (secondary N) is 2. The molecule has 2 atom stereocenters. The average molecular weight is 399 g/mol. The summed E-state index contributed by atoms with van der Waals surface area (Å²) in [6.45, 7) is 0.725. The van der Waals surface area contributed by atoms with Gasteiger partial charge in [0.1, 0.15) is 0 Å². The van der Waals surface area contributed by atoms with E-state index < -0.39 is 35.2 Å². The van der Waals surface area contributed by atoms with Gasteiger partial charge in [-0.25, -0.2) is 4.99 Å². The second-order valence-corrected chi connectivity index (χ2v) is 5.99. The van der Waals surface area contributed by atoms with Crippen LogP contribution in [0.4, 0.5) is 18.9 Å². The van der Waals surface area contributed by atoms with Gasteiger partial charge in [-0.2, -0.15) is 18.2 Å². The number of anilines is 1. The van der Waals surface area contributed by atoms with Crippen LogP contribution in [-0.4, -0.2) is 48.7 Å². The lowest BCUT2D eigenvalue weighted by molar-refractivity contribution is -0.137. The average Bonchev–Trinajstić information content (AvgIpc) is 2.62. The Morgan fingerprint density at radius 2 is 2.04 bits per heavy atom. The number of aliphatic imine (C=N–C) groups is 2. The van der Waals surface area contributed by atoms with Crippen LogP contribution < -0.4 is 22.5 Å². The van der Waals surface area contributed by atoms with Gasteiger partial charge in [0.15, 0.2) is 11.5 Å². The standard InChI is InChI=1S/C16H20F3N7O2/c17-16(18,19)8-2-1-3-9(6-8)24-14(12(21)13(22)27)26-15(23)25-11-4-5-28-7-10(11)20/h1-3,6,10-11,21H,4-5,7,20H2,(H2,22,27)(H3,23,24,25,26)/t10-,11+/m0/s1. The van der Waals surface area contributed by atoms with Crippen LogP contribution in [0.1, 0.15) is 12.0 Å². The predicted molar refractivity (Wildman–Crippen MR) is 98.2 cm³/mol. The summed E-state index contributed by atoms with van der Waals surface area (Å²) in [4.78, 5) is 19.3. The molecule has 12 heteroatoms. The summed E-state index contributed by atoms with van der Waals surface area (Å²) in [6, 6.07) is 3.36. The molecule has 0 spiro atoms. The molecule has 1 aromatic rings. The van der Waals surface area contributed by atoms with Crippen LogP contribution >= 0.6 is 0 Å². The van der Waals surface area contributed by atoms with E-state index in [9.17, 15) is 18.0 Å². The lowest BCUT2D eigenvalue weighted by Gasteiger charge is -2.25. The SMILES string of the molecule is N=C(C(N)=O)/C(=N\C(N)=N[C@@H]1CCOC[C@@H]1N)Nc1cccc(C(F)(F)F)c1. The molecule has 1 aliphatic heterocycles. The van der Waals surface area contributed by atoms with E-state index in [1.54, 1.807) is 0 Å². The number of primary amides is 1. The molecule has 1 aromatic carbocycles. The molecule has 0 unspecified atom stereocenters. The van der Waals surface area contributed by atoms with Crippen molar-refractivity contribution in [2.24, 2.45) is 27.2 Å². The second-order valence-electron chi connectivity index (χ2n) is 5.99. The lowest BCUT2D eigenvalue weighted by Crippen LogP contribution is -2.43. The van der Waals surface area contributed by atoms with Crippen molar-refractivity contribution >= 4 is 29.1 Å². The first-order valence-electron chi connectivity index (χ1n) is 8.16. The number of carbonyl (C=O) groups is 1. The minimum Gasteiger partial charge on any atom is -0.380 e. The molecule has 1 aliphatic rings. The van der Waals surface area contributed by atoms with Crippen molar-refractivity contribution in [3.63, 3.8) is 0 Å². The second kappa shape index (κ2) is 8.80. The minimum atomic E-state index is -4.56. The molecule has 0 aliphatic carbocycles. The van der Waals surface area contributed by atoms with Crippen LogP contribution in [-0.2, 0) is 15.7 Å². The number of benzene rings is 1. The third-order valence-electron chi connectivity index (χ3n) is 3.82. The first kappa shape index (κ1) is 21.3. The molecule has 28 heavy (non-hydrogen) atoms. The van der Waals surface area contributed by atoms with Crippen molar-refractivity contribution in [1.82, 2.24) is 0 Å². The van der Waals surface area contributed by atoms with E-state index in [-0.39, 0.29) is 24.3 Å². The number of nitrogens with zero attached hydrogens (tertiary/aromatic N) is 2. The summed E-state index contributed by atoms with van der Waals surface area (Å²) in [7, 11) is 0. The molecule has 1 amide bonds. The van der Waals surface area contributed by atoms with E-state index in [0.29, 0.717) is 13.0 Å². The van der Waals surface area contributed by atoms with Crippen molar-refractivity contribution in [2.75, 3.05) is 18.5 Å². The largest absolute Gasteiger partial charge is 0.416 e. The van der Waals surface area contributed by atoms with Crippen molar-refractivity contribution in [1.29, 1.82) is 5.41 Å². The number of nitrogens with two attached hydrogens (primary N) is 3. The minimum absolute atomic E-state index is 0.0601. The van der Waals surface area contributed by atoms with Crippen molar-refractivity contribution < 1.29 is 22.7 Å². The van der Waals surface area contributed by atoms with Gasteiger partial charge >= 0.3 is 6.18 Å². The number of halogens is 3. The Kier molecular flexibility index (Phi) is 6.70. The molecule has 152 valence electrons. The van der Waals surface area contributed by atoms with Crippen LogP contribution in [0.3, 0.4) is 0 Å². The van der Waals surface area contributed by atoms with Crippen LogP contribution in [0, 0.1) is 5.41 Å². The number of rotatable bonds is 4. The van der Waals surface area contributed by atoms with Gasteiger partial charge in [-0.15, -0.1) is 0 Å². The number of amidine groups is 1. The maximum Gasteiger partial charge on any atom is 0.416 e. The van der Waals surface area contributed by atoms with Gasteiger partial charge in [-0.05, 0) is 24.6 Å². The number of alkyl halides is 3.